The second-order valence-electron chi connectivity index (χ2n) is 5.65. The molecular weight excluding hydrogens is 256 g/mol. The van der Waals surface area contributed by atoms with Crippen LogP contribution in [0.2, 0.25) is 0 Å². The fourth-order valence-electron chi connectivity index (χ4n) is 1.70. The Morgan fingerprint density at radius 3 is 2.20 bits per heavy atom. The minimum absolute atomic E-state index is 0.102. The molecule has 4 heteroatoms. The summed E-state index contributed by atoms with van der Waals surface area (Å²) in [5, 5.41) is 0. The Bertz CT molecular complexity index is 454. The molecule has 0 radical (unpaired) electrons. The van der Waals surface area contributed by atoms with Crippen molar-refractivity contribution >= 4 is 11.8 Å². The Labute approximate surface area is 120 Å². The molecule has 0 unspecified atom stereocenters. The van der Waals surface area contributed by atoms with Crippen LogP contribution in [-0.4, -0.2) is 24.5 Å². The van der Waals surface area contributed by atoms with Crippen LogP contribution in [0.4, 0.5) is 0 Å². The van der Waals surface area contributed by atoms with Crippen molar-refractivity contribution < 1.29 is 19.1 Å². The predicted octanol–water partition coefficient (Wildman–Crippen LogP) is 2.93. The van der Waals surface area contributed by atoms with E-state index in [1.165, 1.54) is 0 Å². The average Bonchev–Trinajstić information content (AvgIpc) is 2.34. The van der Waals surface area contributed by atoms with Crippen LogP contribution in [0.5, 0.6) is 5.75 Å². The van der Waals surface area contributed by atoms with Crippen LogP contribution in [0.1, 0.15) is 39.2 Å². The van der Waals surface area contributed by atoms with Gasteiger partial charge in [0.25, 0.3) is 0 Å². The molecule has 0 bridgehead atoms. The Kier molecular flexibility index (Phi) is 5.74. The molecule has 0 saturated heterocycles. The highest BCUT2D eigenvalue weighted by Crippen LogP contribution is 2.13. The summed E-state index contributed by atoms with van der Waals surface area (Å²) in [6.45, 7) is 5.35. The van der Waals surface area contributed by atoms with Crippen LogP contribution in [0.25, 0.3) is 0 Å². The van der Waals surface area contributed by atoms with Gasteiger partial charge in [0.05, 0.1) is 7.11 Å². The van der Waals surface area contributed by atoms with E-state index in [4.69, 9.17) is 9.47 Å². The minimum Gasteiger partial charge on any atom is -0.497 e. The van der Waals surface area contributed by atoms with Gasteiger partial charge >= 0.3 is 5.97 Å². The lowest BCUT2D eigenvalue weighted by Gasteiger charge is -2.19. The third-order valence-electron chi connectivity index (χ3n) is 2.61. The topological polar surface area (TPSA) is 52.6 Å². The first-order valence-electron chi connectivity index (χ1n) is 6.66. The highest BCUT2D eigenvalue weighted by Gasteiger charge is 2.18. The largest absolute Gasteiger partial charge is 0.497 e. The summed E-state index contributed by atoms with van der Waals surface area (Å²) in [5.41, 5.74) is 0.496. The van der Waals surface area contributed by atoms with Gasteiger partial charge in [0, 0.05) is 6.42 Å². The molecule has 0 fully saturated rings. The maximum Gasteiger partial charge on any atom is 0.313 e. The number of ketones is 1. The molecular formula is C16H22O4. The van der Waals surface area contributed by atoms with Crippen LogP contribution >= 0.6 is 0 Å². The summed E-state index contributed by atoms with van der Waals surface area (Å²) in [6.07, 6.45) is 0.796. The van der Waals surface area contributed by atoms with E-state index in [2.05, 4.69) is 0 Å². The first-order chi connectivity index (χ1) is 9.30. The number of hydrogen-bond donors (Lipinski definition) is 0. The summed E-state index contributed by atoms with van der Waals surface area (Å²) < 4.78 is 10.2. The molecule has 4 nitrogen and oxygen atoms in total. The van der Waals surface area contributed by atoms with Gasteiger partial charge in [-0.1, -0.05) is 12.1 Å². The van der Waals surface area contributed by atoms with Gasteiger partial charge in [0.2, 0.25) is 0 Å². The van der Waals surface area contributed by atoms with E-state index in [1.807, 2.05) is 24.3 Å². The van der Waals surface area contributed by atoms with Crippen molar-refractivity contribution in [2.24, 2.45) is 0 Å². The molecule has 20 heavy (non-hydrogen) atoms. The standard InChI is InChI=1S/C16H22O4/c1-16(2,3)20-15(18)11-13(17)8-5-12-6-9-14(19-4)10-7-12/h6-7,9-10H,5,8,11H2,1-4H3. The van der Waals surface area contributed by atoms with Gasteiger partial charge < -0.3 is 9.47 Å². The van der Waals surface area contributed by atoms with Gasteiger partial charge in [0.15, 0.2) is 0 Å². The van der Waals surface area contributed by atoms with E-state index in [-0.39, 0.29) is 12.2 Å². The molecule has 0 aromatic heterocycles. The Morgan fingerprint density at radius 2 is 1.70 bits per heavy atom. The quantitative estimate of drug-likeness (QED) is 0.593. The van der Waals surface area contributed by atoms with Crippen molar-refractivity contribution in [3.63, 3.8) is 0 Å². The zero-order chi connectivity index (χ0) is 15.2. The maximum atomic E-state index is 11.7. The highest BCUT2D eigenvalue weighted by atomic mass is 16.6. The highest BCUT2D eigenvalue weighted by molar-refractivity contribution is 5.95. The molecule has 0 atom stereocenters. The molecule has 110 valence electrons. The van der Waals surface area contributed by atoms with Crippen molar-refractivity contribution in [3.8, 4) is 5.75 Å². The Hall–Kier alpha value is -1.84. The number of Topliss-reactive ketones (excluding diaryl/α,β-unsaturated/α-hetero) is 1. The number of esters is 1. The number of carbonyl (C=O) groups is 2. The number of ether oxygens (including phenoxy) is 2. The van der Waals surface area contributed by atoms with Gasteiger partial charge in [-0.05, 0) is 44.9 Å². The first-order valence-corrected chi connectivity index (χ1v) is 6.66. The summed E-state index contributed by atoms with van der Waals surface area (Å²) in [5.74, 6) is 0.223. The molecule has 0 spiro atoms. The monoisotopic (exact) mass is 278 g/mol. The summed E-state index contributed by atoms with van der Waals surface area (Å²) in [4.78, 5) is 23.2. The molecule has 1 aromatic rings. The van der Waals surface area contributed by atoms with Crippen LogP contribution in [0.15, 0.2) is 24.3 Å². The molecule has 0 saturated carbocycles. The third-order valence-corrected chi connectivity index (χ3v) is 2.61. The SMILES string of the molecule is COc1ccc(CCC(=O)CC(=O)OC(C)(C)C)cc1. The second-order valence-corrected chi connectivity index (χ2v) is 5.65. The van der Waals surface area contributed by atoms with E-state index in [0.29, 0.717) is 12.8 Å². The number of rotatable bonds is 6. The van der Waals surface area contributed by atoms with E-state index in [0.717, 1.165) is 11.3 Å². The molecule has 1 rings (SSSR count). The van der Waals surface area contributed by atoms with E-state index < -0.39 is 11.6 Å². The van der Waals surface area contributed by atoms with Gasteiger partial charge in [-0.25, -0.2) is 0 Å². The fourth-order valence-corrected chi connectivity index (χ4v) is 1.70. The summed E-state index contributed by atoms with van der Waals surface area (Å²) >= 11 is 0. The van der Waals surface area contributed by atoms with Gasteiger partial charge in [-0.3, -0.25) is 9.59 Å². The van der Waals surface area contributed by atoms with Gasteiger partial charge in [-0.15, -0.1) is 0 Å². The number of hydrogen-bond acceptors (Lipinski definition) is 4. The number of benzene rings is 1. The minimum atomic E-state index is -0.548. The second kappa shape index (κ2) is 7.08. The lowest BCUT2D eigenvalue weighted by Crippen LogP contribution is -2.25. The first kappa shape index (κ1) is 16.2. The molecule has 0 heterocycles. The zero-order valence-corrected chi connectivity index (χ0v) is 12.6. The van der Waals surface area contributed by atoms with E-state index in [1.54, 1.807) is 27.9 Å². The van der Waals surface area contributed by atoms with Crippen molar-refractivity contribution in [1.82, 2.24) is 0 Å². The van der Waals surface area contributed by atoms with Crippen LogP contribution in [0.3, 0.4) is 0 Å². The lowest BCUT2D eigenvalue weighted by atomic mass is 10.1. The third kappa shape index (κ3) is 6.36. The Morgan fingerprint density at radius 1 is 1.10 bits per heavy atom. The molecule has 0 aliphatic rings. The molecule has 1 aromatic carbocycles. The molecule has 0 N–H and O–H groups in total. The van der Waals surface area contributed by atoms with E-state index in [9.17, 15) is 9.59 Å². The maximum absolute atomic E-state index is 11.7. The lowest BCUT2D eigenvalue weighted by molar-refractivity contribution is -0.156. The normalized spacial score (nSPS) is 11.0. The fraction of sp³-hybridized carbons (Fsp3) is 0.500. The van der Waals surface area contributed by atoms with Crippen molar-refractivity contribution in [3.05, 3.63) is 29.8 Å². The Balaban J connectivity index is 2.37. The molecule has 0 aliphatic carbocycles. The molecule has 0 amide bonds. The number of methoxy groups -OCH3 is 1. The zero-order valence-electron chi connectivity index (χ0n) is 12.6. The molecule has 0 aliphatic heterocycles. The number of carbonyl (C=O) groups excluding carboxylic acids is 2. The smallest absolute Gasteiger partial charge is 0.313 e. The van der Waals surface area contributed by atoms with Crippen LogP contribution in [-0.2, 0) is 20.7 Å². The van der Waals surface area contributed by atoms with Gasteiger partial charge in [0.1, 0.15) is 23.6 Å². The van der Waals surface area contributed by atoms with Crippen molar-refractivity contribution in [2.75, 3.05) is 7.11 Å². The summed E-state index contributed by atoms with van der Waals surface area (Å²) in [7, 11) is 1.61. The van der Waals surface area contributed by atoms with Gasteiger partial charge in [-0.2, -0.15) is 0 Å². The van der Waals surface area contributed by atoms with E-state index >= 15 is 0 Å². The van der Waals surface area contributed by atoms with Crippen molar-refractivity contribution in [2.45, 2.75) is 45.6 Å². The average molecular weight is 278 g/mol. The number of aryl methyl sites for hydroxylation is 1. The van der Waals surface area contributed by atoms with Crippen LogP contribution in [0, 0.1) is 0 Å². The predicted molar refractivity (Wildman–Crippen MR) is 76.8 cm³/mol. The summed E-state index contributed by atoms with van der Waals surface area (Å²) in [6, 6.07) is 7.54. The van der Waals surface area contributed by atoms with Crippen LogP contribution < -0.4 is 4.74 Å². The van der Waals surface area contributed by atoms with Crippen molar-refractivity contribution in [1.29, 1.82) is 0 Å².